The molecule has 2 heterocycles. The van der Waals surface area contributed by atoms with E-state index in [9.17, 15) is 4.79 Å². The van der Waals surface area contributed by atoms with E-state index in [1.54, 1.807) is 18.3 Å². The lowest BCUT2D eigenvalue weighted by Gasteiger charge is -1.99. The highest BCUT2D eigenvalue weighted by Crippen LogP contribution is 2.23. The molecule has 0 aliphatic rings. The molecule has 2 rings (SSSR count). The van der Waals surface area contributed by atoms with E-state index in [0.717, 1.165) is 5.56 Å². The SMILES string of the molecule is O=C(O)c1c[nH]cc1-c1ccc(Cl)nc1. The molecule has 4 nitrogen and oxygen atoms in total. The molecule has 15 heavy (non-hydrogen) atoms. The van der Waals surface area contributed by atoms with Crippen LogP contribution in [0.25, 0.3) is 11.1 Å². The van der Waals surface area contributed by atoms with Crippen molar-refractivity contribution in [2.75, 3.05) is 0 Å². The lowest BCUT2D eigenvalue weighted by atomic mass is 10.1. The van der Waals surface area contributed by atoms with Crippen molar-refractivity contribution in [1.29, 1.82) is 0 Å². The average molecular weight is 223 g/mol. The van der Waals surface area contributed by atoms with Crippen molar-refractivity contribution in [3.8, 4) is 11.1 Å². The van der Waals surface area contributed by atoms with Gasteiger partial charge in [-0.3, -0.25) is 0 Å². The summed E-state index contributed by atoms with van der Waals surface area (Å²) >= 11 is 5.64. The molecule has 0 amide bonds. The number of nitrogens with one attached hydrogen (secondary N) is 1. The van der Waals surface area contributed by atoms with Crippen molar-refractivity contribution >= 4 is 17.6 Å². The normalized spacial score (nSPS) is 10.2. The first-order chi connectivity index (χ1) is 7.18. The molecule has 2 aromatic rings. The van der Waals surface area contributed by atoms with E-state index in [1.807, 2.05) is 0 Å². The van der Waals surface area contributed by atoms with E-state index >= 15 is 0 Å². The highest BCUT2D eigenvalue weighted by Gasteiger charge is 2.12. The molecule has 0 bridgehead atoms. The number of rotatable bonds is 2. The van der Waals surface area contributed by atoms with Gasteiger partial charge in [0.25, 0.3) is 0 Å². The second kappa shape index (κ2) is 3.74. The Morgan fingerprint density at radius 3 is 2.80 bits per heavy atom. The molecule has 0 aliphatic heterocycles. The largest absolute Gasteiger partial charge is 0.478 e. The van der Waals surface area contributed by atoms with Gasteiger partial charge in [-0.2, -0.15) is 0 Å². The third-order valence-corrected chi connectivity index (χ3v) is 2.24. The summed E-state index contributed by atoms with van der Waals surface area (Å²) in [6.45, 7) is 0. The summed E-state index contributed by atoms with van der Waals surface area (Å²) in [6.07, 6.45) is 4.60. The van der Waals surface area contributed by atoms with Crippen LogP contribution in [0, 0.1) is 0 Å². The van der Waals surface area contributed by atoms with E-state index in [-0.39, 0.29) is 5.56 Å². The summed E-state index contributed by atoms with van der Waals surface area (Å²) in [5.74, 6) is -0.971. The lowest BCUT2D eigenvalue weighted by Crippen LogP contribution is -1.95. The van der Waals surface area contributed by atoms with Crippen molar-refractivity contribution in [3.63, 3.8) is 0 Å². The number of carboxylic acids is 1. The predicted molar refractivity (Wildman–Crippen MR) is 56.0 cm³/mol. The van der Waals surface area contributed by atoms with Crippen LogP contribution in [-0.4, -0.2) is 21.0 Å². The summed E-state index contributed by atoms with van der Waals surface area (Å²) in [7, 11) is 0. The van der Waals surface area contributed by atoms with Crippen LogP contribution in [0.1, 0.15) is 10.4 Å². The molecule has 0 unspecified atom stereocenters. The Bertz CT molecular complexity index is 490. The van der Waals surface area contributed by atoms with Gasteiger partial charge >= 0.3 is 5.97 Å². The number of aromatic amines is 1. The molecule has 0 saturated carbocycles. The number of hydrogen-bond acceptors (Lipinski definition) is 2. The minimum absolute atomic E-state index is 0.221. The van der Waals surface area contributed by atoms with Crippen LogP contribution in [0.4, 0.5) is 0 Å². The maximum atomic E-state index is 10.9. The minimum atomic E-state index is -0.971. The van der Waals surface area contributed by atoms with Crippen molar-refractivity contribution < 1.29 is 9.90 Å². The molecule has 0 aromatic carbocycles. The lowest BCUT2D eigenvalue weighted by molar-refractivity contribution is 0.0698. The van der Waals surface area contributed by atoms with Gasteiger partial charge in [-0.25, -0.2) is 9.78 Å². The number of aromatic nitrogens is 2. The molecular formula is C10H7ClN2O2. The molecule has 0 fully saturated rings. The molecule has 2 aromatic heterocycles. The second-order valence-electron chi connectivity index (χ2n) is 2.96. The summed E-state index contributed by atoms with van der Waals surface area (Å²) in [6, 6.07) is 3.35. The average Bonchev–Trinajstić information content (AvgIpc) is 2.67. The van der Waals surface area contributed by atoms with Gasteiger partial charge in [0.15, 0.2) is 0 Å². The van der Waals surface area contributed by atoms with E-state index < -0.39 is 5.97 Å². The number of carboxylic acid groups (broad SMARTS) is 1. The van der Waals surface area contributed by atoms with E-state index in [2.05, 4.69) is 9.97 Å². The van der Waals surface area contributed by atoms with E-state index in [0.29, 0.717) is 10.7 Å². The fraction of sp³-hybridized carbons (Fsp3) is 0. The van der Waals surface area contributed by atoms with Crippen molar-refractivity contribution in [2.24, 2.45) is 0 Å². The quantitative estimate of drug-likeness (QED) is 0.767. The zero-order valence-corrected chi connectivity index (χ0v) is 8.32. The number of pyridine rings is 1. The molecule has 2 N–H and O–H groups in total. The predicted octanol–water partition coefficient (Wildman–Crippen LogP) is 2.43. The Morgan fingerprint density at radius 1 is 1.40 bits per heavy atom. The summed E-state index contributed by atoms with van der Waals surface area (Å²) in [4.78, 5) is 17.5. The molecule has 0 radical (unpaired) electrons. The maximum Gasteiger partial charge on any atom is 0.337 e. The molecule has 0 spiro atoms. The van der Waals surface area contributed by atoms with E-state index in [1.165, 1.54) is 12.4 Å². The summed E-state index contributed by atoms with van der Waals surface area (Å²) < 4.78 is 0. The summed E-state index contributed by atoms with van der Waals surface area (Å²) in [5.41, 5.74) is 1.55. The molecule has 0 atom stereocenters. The third kappa shape index (κ3) is 1.85. The number of aromatic carboxylic acids is 1. The van der Waals surface area contributed by atoms with Gasteiger partial charge < -0.3 is 10.1 Å². The van der Waals surface area contributed by atoms with Crippen LogP contribution in [0.2, 0.25) is 5.15 Å². The van der Waals surface area contributed by atoms with Gasteiger partial charge in [0.2, 0.25) is 0 Å². The molecule has 0 aliphatic carbocycles. The highest BCUT2D eigenvalue weighted by molar-refractivity contribution is 6.29. The van der Waals surface area contributed by atoms with Crippen LogP contribution in [-0.2, 0) is 0 Å². The van der Waals surface area contributed by atoms with Gasteiger partial charge in [-0.15, -0.1) is 0 Å². The Hall–Kier alpha value is -1.81. The standard InChI is InChI=1S/C10H7ClN2O2/c11-9-2-1-6(3-13-9)7-4-12-5-8(7)10(14)15/h1-5,12H,(H,14,15). The van der Waals surface area contributed by atoms with Crippen LogP contribution in [0.5, 0.6) is 0 Å². The monoisotopic (exact) mass is 222 g/mol. The molecule has 0 saturated heterocycles. The van der Waals surface area contributed by atoms with Crippen molar-refractivity contribution in [1.82, 2.24) is 9.97 Å². The minimum Gasteiger partial charge on any atom is -0.478 e. The molecule has 5 heteroatoms. The van der Waals surface area contributed by atoms with Gasteiger partial charge in [0, 0.05) is 29.7 Å². The first-order valence-electron chi connectivity index (χ1n) is 4.20. The van der Waals surface area contributed by atoms with Gasteiger partial charge in [0.05, 0.1) is 5.56 Å². The first kappa shape index (κ1) is 9.73. The van der Waals surface area contributed by atoms with Crippen molar-refractivity contribution in [2.45, 2.75) is 0 Å². The van der Waals surface area contributed by atoms with E-state index in [4.69, 9.17) is 16.7 Å². The fourth-order valence-corrected chi connectivity index (χ4v) is 1.43. The fourth-order valence-electron chi connectivity index (χ4n) is 1.31. The van der Waals surface area contributed by atoms with Gasteiger partial charge in [-0.1, -0.05) is 11.6 Å². The Morgan fingerprint density at radius 2 is 2.20 bits per heavy atom. The topological polar surface area (TPSA) is 66.0 Å². The van der Waals surface area contributed by atoms with Crippen LogP contribution < -0.4 is 0 Å². The highest BCUT2D eigenvalue weighted by atomic mass is 35.5. The second-order valence-corrected chi connectivity index (χ2v) is 3.34. The van der Waals surface area contributed by atoms with Crippen molar-refractivity contribution in [3.05, 3.63) is 41.4 Å². The Balaban J connectivity index is 2.49. The molecular weight excluding hydrogens is 216 g/mol. The van der Waals surface area contributed by atoms with Crippen LogP contribution >= 0.6 is 11.6 Å². The number of carbonyl (C=O) groups is 1. The van der Waals surface area contributed by atoms with Gasteiger partial charge in [0.1, 0.15) is 5.15 Å². The smallest absolute Gasteiger partial charge is 0.337 e. The number of hydrogen-bond donors (Lipinski definition) is 2. The number of H-pyrrole nitrogens is 1. The zero-order valence-electron chi connectivity index (χ0n) is 7.57. The molecule has 76 valence electrons. The third-order valence-electron chi connectivity index (χ3n) is 2.01. The zero-order chi connectivity index (χ0) is 10.8. The maximum absolute atomic E-state index is 10.9. The van der Waals surface area contributed by atoms with Gasteiger partial charge in [-0.05, 0) is 12.1 Å². The number of nitrogens with zero attached hydrogens (tertiary/aromatic N) is 1. The van der Waals surface area contributed by atoms with Crippen LogP contribution in [0.3, 0.4) is 0 Å². The van der Waals surface area contributed by atoms with Crippen LogP contribution in [0.15, 0.2) is 30.7 Å². The number of halogens is 1. The Labute approximate surface area is 90.5 Å². The summed E-state index contributed by atoms with van der Waals surface area (Å²) in [5, 5.41) is 9.28. The first-order valence-corrected chi connectivity index (χ1v) is 4.58. The Kier molecular flexibility index (Phi) is 2.43.